The van der Waals surface area contributed by atoms with Gasteiger partial charge in [0.25, 0.3) is 5.91 Å². The lowest BCUT2D eigenvalue weighted by atomic mass is 9.98. The smallest absolute Gasteiger partial charge is 0.267 e. The zero-order chi connectivity index (χ0) is 12.3. The van der Waals surface area contributed by atoms with Gasteiger partial charge in [-0.05, 0) is 53.8 Å². The molecule has 94 valence electrons. The van der Waals surface area contributed by atoms with Crippen molar-refractivity contribution in [2.45, 2.75) is 12.8 Å². The molecule has 5 heteroatoms. The number of aromatic nitrogens is 1. The van der Waals surface area contributed by atoms with E-state index in [2.05, 4.69) is 26.6 Å². The van der Waals surface area contributed by atoms with Crippen molar-refractivity contribution in [3.63, 3.8) is 0 Å². The third kappa shape index (κ3) is 3.33. The molecule has 2 heterocycles. The third-order valence-corrected chi connectivity index (χ3v) is 3.65. The van der Waals surface area contributed by atoms with E-state index in [1.54, 1.807) is 0 Å². The number of hydrogen-bond acceptors (Lipinski definition) is 2. The lowest BCUT2D eigenvalue weighted by molar-refractivity contribution is 0.0936. The Labute approximate surface area is 110 Å². The number of carbonyl (C=O) groups is 1. The Hall–Kier alpha value is -0.810. The molecule has 1 amide bonds. The quantitative estimate of drug-likeness (QED) is 0.889. The molecule has 1 fully saturated rings. The minimum Gasteiger partial charge on any atom is -0.350 e. The molecular formula is C12H18BrN3O. The van der Waals surface area contributed by atoms with E-state index in [0.717, 1.165) is 36.9 Å². The summed E-state index contributed by atoms with van der Waals surface area (Å²) >= 11 is 3.37. The van der Waals surface area contributed by atoms with Gasteiger partial charge in [-0.15, -0.1) is 0 Å². The fourth-order valence-electron chi connectivity index (χ4n) is 2.16. The Morgan fingerprint density at radius 3 is 2.88 bits per heavy atom. The Kier molecular flexibility index (Phi) is 4.23. The number of carbonyl (C=O) groups excluding carboxylic acids is 1. The summed E-state index contributed by atoms with van der Waals surface area (Å²) in [6.07, 6.45) is 4.19. The first kappa shape index (κ1) is 12.6. The van der Waals surface area contributed by atoms with Gasteiger partial charge in [0.05, 0.1) is 0 Å². The minimum absolute atomic E-state index is 0.0109. The molecule has 0 unspecified atom stereocenters. The number of nitrogens with zero attached hydrogens (tertiary/aromatic N) is 1. The number of amides is 1. The summed E-state index contributed by atoms with van der Waals surface area (Å²) in [5.74, 6) is 0.626. The first-order chi connectivity index (χ1) is 8.16. The van der Waals surface area contributed by atoms with E-state index in [9.17, 15) is 4.79 Å². The van der Waals surface area contributed by atoms with Gasteiger partial charge in [0.2, 0.25) is 0 Å². The van der Waals surface area contributed by atoms with Gasteiger partial charge in [0, 0.05) is 24.3 Å². The molecule has 1 saturated heterocycles. The van der Waals surface area contributed by atoms with Gasteiger partial charge in [-0.2, -0.15) is 0 Å². The molecular weight excluding hydrogens is 282 g/mol. The van der Waals surface area contributed by atoms with Crippen molar-refractivity contribution in [3.8, 4) is 0 Å². The van der Waals surface area contributed by atoms with Crippen LogP contribution >= 0.6 is 15.9 Å². The van der Waals surface area contributed by atoms with Gasteiger partial charge in [0.15, 0.2) is 0 Å². The van der Waals surface area contributed by atoms with Gasteiger partial charge in [-0.1, -0.05) is 0 Å². The Morgan fingerprint density at radius 2 is 2.29 bits per heavy atom. The standard InChI is InChI=1S/C12H18BrN3O/c1-16-8-10(13)6-11(16)12(17)15-7-9-2-4-14-5-3-9/h6,8-9,14H,2-5,7H2,1H3,(H,15,17). The summed E-state index contributed by atoms with van der Waals surface area (Å²) in [6.45, 7) is 2.91. The Balaban J connectivity index is 1.86. The molecule has 4 nitrogen and oxygen atoms in total. The predicted octanol–water partition coefficient (Wildman–Crippen LogP) is 1.52. The molecule has 2 N–H and O–H groups in total. The van der Waals surface area contributed by atoms with Crippen molar-refractivity contribution in [2.24, 2.45) is 13.0 Å². The van der Waals surface area contributed by atoms with Gasteiger partial charge < -0.3 is 15.2 Å². The molecule has 0 aliphatic carbocycles. The van der Waals surface area contributed by atoms with E-state index in [1.807, 2.05) is 23.9 Å². The van der Waals surface area contributed by atoms with Crippen molar-refractivity contribution in [3.05, 3.63) is 22.4 Å². The maximum Gasteiger partial charge on any atom is 0.267 e. The zero-order valence-corrected chi connectivity index (χ0v) is 11.6. The fourth-order valence-corrected chi connectivity index (χ4v) is 2.69. The molecule has 0 bridgehead atoms. The molecule has 1 aromatic heterocycles. The third-order valence-electron chi connectivity index (χ3n) is 3.21. The second-order valence-corrected chi connectivity index (χ2v) is 5.47. The van der Waals surface area contributed by atoms with Crippen molar-refractivity contribution in [1.29, 1.82) is 0 Å². The second kappa shape index (κ2) is 5.69. The highest BCUT2D eigenvalue weighted by atomic mass is 79.9. The van der Waals surface area contributed by atoms with Crippen molar-refractivity contribution in [2.75, 3.05) is 19.6 Å². The molecule has 0 aromatic carbocycles. The van der Waals surface area contributed by atoms with E-state index in [4.69, 9.17) is 0 Å². The highest BCUT2D eigenvalue weighted by Crippen LogP contribution is 2.14. The van der Waals surface area contributed by atoms with E-state index >= 15 is 0 Å². The Morgan fingerprint density at radius 1 is 1.59 bits per heavy atom. The molecule has 1 aliphatic heterocycles. The molecule has 1 aromatic rings. The van der Waals surface area contributed by atoms with Crippen LogP contribution in [0.2, 0.25) is 0 Å². The van der Waals surface area contributed by atoms with Gasteiger partial charge in [0.1, 0.15) is 5.69 Å². The highest BCUT2D eigenvalue weighted by Gasteiger charge is 2.16. The molecule has 2 rings (SSSR count). The van der Waals surface area contributed by atoms with Crippen LogP contribution in [0, 0.1) is 5.92 Å². The van der Waals surface area contributed by atoms with Crippen LogP contribution in [0.15, 0.2) is 16.7 Å². The van der Waals surface area contributed by atoms with Gasteiger partial charge in [-0.3, -0.25) is 4.79 Å². The summed E-state index contributed by atoms with van der Waals surface area (Å²) in [5, 5.41) is 6.34. The average Bonchev–Trinajstić information content (AvgIpc) is 2.67. The summed E-state index contributed by atoms with van der Waals surface area (Å²) in [7, 11) is 1.88. The normalized spacial score (nSPS) is 17.1. The van der Waals surface area contributed by atoms with E-state index < -0.39 is 0 Å². The van der Waals surface area contributed by atoms with Crippen LogP contribution in [0.3, 0.4) is 0 Å². The minimum atomic E-state index is 0.0109. The van der Waals surface area contributed by atoms with Gasteiger partial charge >= 0.3 is 0 Å². The number of halogens is 1. The number of nitrogens with one attached hydrogen (secondary N) is 2. The van der Waals surface area contributed by atoms with E-state index in [0.29, 0.717) is 11.6 Å². The van der Waals surface area contributed by atoms with Gasteiger partial charge in [-0.25, -0.2) is 0 Å². The van der Waals surface area contributed by atoms with Crippen LogP contribution < -0.4 is 10.6 Å². The summed E-state index contributed by atoms with van der Waals surface area (Å²) in [6, 6.07) is 1.84. The van der Waals surface area contributed by atoms with Crippen molar-refractivity contribution >= 4 is 21.8 Å². The van der Waals surface area contributed by atoms with Crippen LogP contribution in [-0.2, 0) is 7.05 Å². The molecule has 0 radical (unpaired) electrons. The molecule has 0 saturated carbocycles. The number of piperidine rings is 1. The maximum absolute atomic E-state index is 12.0. The highest BCUT2D eigenvalue weighted by molar-refractivity contribution is 9.10. The first-order valence-electron chi connectivity index (χ1n) is 5.97. The first-order valence-corrected chi connectivity index (χ1v) is 6.77. The van der Waals surface area contributed by atoms with Crippen LogP contribution in [0.5, 0.6) is 0 Å². The van der Waals surface area contributed by atoms with Crippen LogP contribution in [-0.4, -0.2) is 30.1 Å². The monoisotopic (exact) mass is 299 g/mol. The van der Waals surface area contributed by atoms with Crippen LogP contribution in [0.25, 0.3) is 0 Å². The van der Waals surface area contributed by atoms with Crippen molar-refractivity contribution < 1.29 is 4.79 Å². The van der Waals surface area contributed by atoms with Crippen LogP contribution in [0.4, 0.5) is 0 Å². The number of rotatable bonds is 3. The van der Waals surface area contributed by atoms with Crippen molar-refractivity contribution in [1.82, 2.24) is 15.2 Å². The second-order valence-electron chi connectivity index (χ2n) is 4.56. The van der Waals surface area contributed by atoms with E-state index in [-0.39, 0.29) is 5.91 Å². The molecule has 0 spiro atoms. The predicted molar refractivity (Wildman–Crippen MR) is 71.0 cm³/mol. The zero-order valence-electron chi connectivity index (χ0n) is 10.0. The number of hydrogen-bond donors (Lipinski definition) is 2. The molecule has 1 aliphatic rings. The summed E-state index contributed by atoms with van der Waals surface area (Å²) < 4.78 is 2.77. The average molecular weight is 300 g/mol. The SMILES string of the molecule is Cn1cc(Br)cc1C(=O)NCC1CCNCC1. The lowest BCUT2D eigenvalue weighted by Crippen LogP contribution is -2.36. The largest absolute Gasteiger partial charge is 0.350 e. The van der Waals surface area contributed by atoms with Crippen LogP contribution in [0.1, 0.15) is 23.3 Å². The summed E-state index contributed by atoms with van der Waals surface area (Å²) in [4.78, 5) is 12.0. The molecule has 17 heavy (non-hydrogen) atoms. The summed E-state index contributed by atoms with van der Waals surface area (Å²) in [5.41, 5.74) is 0.700. The molecule has 0 atom stereocenters. The maximum atomic E-state index is 12.0. The fraction of sp³-hybridized carbons (Fsp3) is 0.583. The topological polar surface area (TPSA) is 46.1 Å². The Bertz CT molecular complexity index is 396. The lowest BCUT2D eigenvalue weighted by Gasteiger charge is -2.22. The van der Waals surface area contributed by atoms with E-state index in [1.165, 1.54) is 0 Å². The number of aryl methyl sites for hydroxylation is 1.